The topological polar surface area (TPSA) is 84.2 Å². The summed E-state index contributed by atoms with van der Waals surface area (Å²) in [4.78, 5) is 22.7. The molecule has 178 valence electrons. The Kier molecular flexibility index (Phi) is 6.53. The Labute approximate surface area is 209 Å². The summed E-state index contributed by atoms with van der Waals surface area (Å²) in [5, 5.41) is 17.9. The van der Waals surface area contributed by atoms with Crippen molar-refractivity contribution in [2.24, 2.45) is 0 Å². The van der Waals surface area contributed by atoms with Crippen molar-refractivity contribution in [3.05, 3.63) is 131 Å². The number of hydrogen-bond donors (Lipinski definition) is 1. The van der Waals surface area contributed by atoms with Crippen molar-refractivity contribution >= 4 is 33.8 Å². The maximum atomic E-state index is 12.5. The van der Waals surface area contributed by atoms with Gasteiger partial charge in [0, 0.05) is 11.9 Å². The first-order chi connectivity index (χ1) is 17.7. The standard InChI is InChI=1S/C29H25N5O2/c1-2-33(25-19-11-17-21-12-9-10-18-24(21)25)29-27(34(35)36)28(30-20-31-29)32-26(22-13-5-3-6-14-22)23-15-7-4-8-16-23/h3-20,26H,2H2,1H3,(H,30,31,32). The first kappa shape index (κ1) is 23.0. The number of benzene rings is 4. The first-order valence-electron chi connectivity index (χ1n) is 11.8. The van der Waals surface area contributed by atoms with Crippen LogP contribution >= 0.6 is 0 Å². The van der Waals surface area contributed by atoms with Gasteiger partial charge in [-0.3, -0.25) is 10.1 Å². The highest BCUT2D eigenvalue weighted by atomic mass is 16.6. The summed E-state index contributed by atoms with van der Waals surface area (Å²) in [6.07, 6.45) is 1.38. The molecule has 0 radical (unpaired) electrons. The second kappa shape index (κ2) is 10.2. The van der Waals surface area contributed by atoms with E-state index in [1.165, 1.54) is 6.33 Å². The average molecular weight is 476 g/mol. The number of nitro groups is 1. The largest absolute Gasteiger partial charge is 0.353 e. The molecule has 4 aromatic carbocycles. The molecule has 1 heterocycles. The van der Waals surface area contributed by atoms with E-state index >= 15 is 0 Å². The van der Waals surface area contributed by atoms with Crippen LogP contribution < -0.4 is 10.2 Å². The number of hydrogen-bond acceptors (Lipinski definition) is 6. The van der Waals surface area contributed by atoms with Crippen LogP contribution in [0.1, 0.15) is 24.1 Å². The van der Waals surface area contributed by atoms with E-state index in [4.69, 9.17) is 0 Å². The van der Waals surface area contributed by atoms with Crippen LogP contribution in [-0.4, -0.2) is 21.4 Å². The third-order valence-electron chi connectivity index (χ3n) is 6.16. The molecule has 0 saturated carbocycles. The van der Waals surface area contributed by atoms with Gasteiger partial charge in [-0.25, -0.2) is 9.97 Å². The molecular weight excluding hydrogens is 450 g/mol. The molecule has 0 fully saturated rings. The quantitative estimate of drug-likeness (QED) is 0.194. The molecule has 0 amide bonds. The van der Waals surface area contributed by atoms with Gasteiger partial charge < -0.3 is 10.2 Å². The summed E-state index contributed by atoms with van der Waals surface area (Å²) in [6, 6.07) is 33.3. The highest BCUT2D eigenvalue weighted by Gasteiger charge is 2.30. The lowest BCUT2D eigenvalue weighted by Crippen LogP contribution is -2.21. The van der Waals surface area contributed by atoms with E-state index in [-0.39, 0.29) is 23.4 Å². The molecule has 0 bridgehead atoms. The maximum absolute atomic E-state index is 12.5. The van der Waals surface area contributed by atoms with E-state index in [9.17, 15) is 10.1 Å². The average Bonchev–Trinajstić information content (AvgIpc) is 2.93. The van der Waals surface area contributed by atoms with Crippen molar-refractivity contribution in [2.45, 2.75) is 13.0 Å². The van der Waals surface area contributed by atoms with E-state index in [0.29, 0.717) is 6.54 Å². The number of rotatable bonds is 8. The Hall–Kier alpha value is -4.78. The predicted molar refractivity (Wildman–Crippen MR) is 144 cm³/mol. The molecule has 5 rings (SSSR count). The number of anilines is 3. The lowest BCUT2D eigenvalue weighted by molar-refractivity contribution is -0.383. The van der Waals surface area contributed by atoms with Crippen molar-refractivity contribution < 1.29 is 4.92 Å². The lowest BCUT2D eigenvalue weighted by Gasteiger charge is -2.25. The smallest absolute Gasteiger partial charge is 0.353 e. The molecule has 0 aliphatic rings. The molecule has 0 saturated heterocycles. The van der Waals surface area contributed by atoms with Gasteiger partial charge in [-0.05, 0) is 29.5 Å². The van der Waals surface area contributed by atoms with Gasteiger partial charge in [0.25, 0.3) is 0 Å². The van der Waals surface area contributed by atoms with Gasteiger partial charge in [0.1, 0.15) is 6.33 Å². The van der Waals surface area contributed by atoms with Crippen molar-refractivity contribution in [1.82, 2.24) is 9.97 Å². The summed E-state index contributed by atoms with van der Waals surface area (Å²) in [5.41, 5.74) is 2.63. The number of nitrogens with one attached hydrogen (secondary N) is 1. The molecule has 36 heavy (non-hydrogen) atoms. The fourth-order valence-corrected chi connectivity index (χ4v) is 4.51. The Balaban J connectivity index is 1.63. The molecule has 0 aliphatic heterocycles. The minimum atomic E-state index is -0.404. The van der Waals surface area contributed by atoms with Gasteiger partial charge in [-0.1, -0.05) is 97.1 Å². The molecule has 0 unspecified atom stereocenters. The fraction of sp³-hybridized carbons (Fsp3) is 0.103. The molecule has 1 N–H and O–H groups in total. The minimum absolute atomic E-state index is 0.163. The van der Waals surface area contributed by atoms with Crippen LogP contribution in [0.2, 0.25) is 0 Å². The van der Waals surface area contributed by atoms with Gasteiger partial charge in [0.05, 0.1) is 16.7 Å². The zero-order valence-electron chi connectivity index (χ0n) is 19.8. The molecule has 7 nitrogen and oxygen atoms in total. The molecular formula is C29H25N5O2. The van der Waals surface area contributed by atoms with E-state index in [1.807, 2.05) is 115 Å². The maximum Gasteiger partial charge on any atom is 0.353 e. The molecule has 1 aromatic heterocycles. The van der Waals surface area contributed by atoms with Crippen molar-refractivity contribution in [1.29, 1.82) is 0 Å². The van der Waals surface area contributed by atoms with Crippen LogP contribution in [0.3, 0.4) is 0 Å². The van der Waals surface area contributed by atoms with E-state index < -0.39 is 4.92 Å². The first-order valence-corrected chi connectivity index (χ1v) is 11.8. The zero-order chi connectivity index (χ0) is 24.9. The Morgan fingerprint density at radius 3 is 2.08 bits per heavy atom. The van der Waals surface area contributed by atoms with E-state index in [0.717, 1.165) is 27.6 Å². The predicted octanol–water partition coefficient (Wildman–Crippen LogP) is 6.90. The summed E-state index contributed by atoms with van der Waals surface area (Å²) in [7, 11) is 0. The van der Waals surface area contributed by atoms with Gasteiger partial charge in [0.2, 0.25) is 11.6 Å². The minimum Gasteiger partial charge on any atom is -0.353 e. The summed E-state index contributed by atoms with van der Waals surface area (Å²) < 4.78 is 0. The van der Waals surface area contributed by atoms with Crippen LogP contribution in [0, 0.1) is 10.1 Å². The normalized spacial score (nSPS) is 10.9. The summed E-state index contributed by atoms with van der Waals surface area (Å²) in [5.74, 6) is 0.414. The van der Waals surface area contributed by atoms with Gasteiger partial charge in [-0.15, -0.1) is 0 Å². The highest BCUT2D eigenvalue weighted by Crippen LogP contribution is 2.40. The molecule has 7 heteroatoms. The van der Waals surface area contributed by atoms with Crippen molar-refractivity contribution in [3.63, 3.8) is 0 Å². The Bertz CT molecular complexity index is 1450. The zero-order valence-corrected chi connectivity index (χ0v) is 19.8. The van der Waals surface area contributed by atoms with Crippen LogP contribution in [-0.2, 0) is 0 Å². The number of fused-ring (bicyclic) bond motifs is 1. The third kappa shape index (κ3) is 4.46. The van der Waals surface area contributed by atoms with Gasteiger partial charge >= 0.3 is 5.69 Å². The van der Waals surface area contributed by atoms with Gasteiger partial charge in [0.15, 0.2) is 0 Å². The van der Waals surface area contributed by atoms with Crippen molar-refractivity contribution in [2.75, 3.05) is 16.8 Å². The van der Waals surface area contributed by atoms with E-state index in [2.05, 4.69) is 15.3 Å². The lowest BCUT2D eigenvalue weighted by atomic mass is 9.98. The van der Waals surface area contributed by atoms with Gasteiger partial charge in [-0.2, -0.15) is 0 Å². The van der Waals surface area contributed by atoms with Crippen LogP contribution in [0.5, 0.6) is 0 Å². The number of nitrogens with zero attached hydrogens (tertiary/aromatic N) is 4. The Morgan fingerprint density at radius 2 is 1.44 bits per heavy atom. The summed E-state index contributed by atoms with van der Waals surface area (Å²) >= 11 is 0. The van der Waals surface area contributed by atoms with Crippen LogP contribution in [0.4, 0.5) is 23.0 Å². The second-order valence-electron chi connectivity index (χ2n) is 8.29. The fourth-order valence-electron chi connectivity index (χ4n) is 4.51. The number of aromatic nitrogens is 2. The highest BCUT2D eigenvalue weighted by molar-refractivity contribution is 5.96. The van der Waals surface area contributed by atoms with Crippen LogP contribution in [0.25, 0.3) is 10.8 Å². The summed E-state index contributed by atoms with van der Waals surface area (Å²) in [6.45, 7) is 2.45. The Morgan fingerprint density at radius 1 is 0.833 bits per heavy atom. The van der Waals surface area contributed by atoms with Crippen molar-refractivity contribution in [3.8, 4) is 0 Å². The molecule has 0 atom stereocenters. The van der Waals surface area contributed by atoms with E-state index in [1.54, 1.807) is 0 Å². The monoisotopic (exact) mass is 475 g/mol. The molecule has 0 aliphatic carbocycles. The second-order valence-corrected chi connectivity index (χ2v) is 8.29. The SMILES string of the molecule is CCN(c1ncnc(NC(c2ccccc2)c2ccccc2)c1[N+](=O)[O-])c1cccc2ccccc12. The third-order valence-corrected chi connectivity index (χ3v) is 6.16. The molecule has 0 spiro atoms. The molecule has 5 aromatic rings. The van der Waals surface area contributed by atoms with Crippen LogP contribution in [0.15, 0.2) is 109 Å².